The van der Waals surface area contributed by atoms with Gasteiger partial charge in [-0.15, -0.1) is 5.10 Å². The Kier molecular flexibility index (Phi) is 4.59. The van der Waals surface area contributed by atoms with Crippen LogP contribution < -0.4 is 5.32 Å². The quantitative estimate of drug-likeness (QED) is 0.803. The van der Waals surface area contributed by atoms with Gasteiger partial charge in [-0.1, -0.05) is 32.0 Å². The van der Waals surface area contributed by atoms with Gasteiger partial charge in [-0.05, 0) is 28.5 Å². The molecule has 0 saturated heterocycles. The molecule has 0 amide bonds. The van der Waals surface area contributed by atoms with E-state index in [1.165, 1.54) is 0 Å². The van der Waals surface area contributed by atoms with Gasteiger partial charge in [0.25, 0.3) is 0 Å². The van der Waals surface area contributed by atoms with Gasteiger partial charge in [0.2, 0.25) is 0 Å². The first kappa shape index (κ1) is 13.6. The van der Waals surface area contributed by atoms with E-state index in [1.54, 1.807) is 4.68 Å². The largest absolute Gasteiger partial charge is 0.395 e. The summed E-state index contributed by atoms with van der Waals surface area (Å²) in [6.07, 6.45) is 0. The maximum atomic E-state index is 9.29. The van der Waals surface area contributed by atoms with Gasteiger partial charge in [0, 0.05) is 6.04 Å². The minimum Gasteiger partial charge on any atom is -0.395 e. The zero-order chi connectivity index (χ0) is 13.7. The average molecular weight is 261 g/mol. The van der Waals surface area contributed by atoms with Crippen molar-refractivity contribution in [1.82, 2.24) is 25.5 Å². The van der Waals surface area contributed by atoms with Gasteiger partial charge in [-0.3, -0.25) is 0 Å². The summed E-state index contributed by atoms with van der Waals surface area (Å²) in [5.41, 5.74) is 0.925. The lowest BCUT2D eigenvalue weighted by Gasteiger charge is -2.19. The summed E-state index contributed by atoms with van der Waals surface area (Å²) in [6.45, 7) is 4.75. The molecule has 19 heavy (non-hydrogen) atoms. The first-order valence-electron chi connectivity index (χ1n) is 6.39. The van der Waals surface area contributed by atoms with Crippen molar-refractivity contribution < 1.29 is 5.11 Å². The molecule has 0 aliphatic carbocycles. The molecule has 1 aromatic carbocycles. The van der Waals surface area contributed by atoms with Crippen molar-refractivity contribution in [2.45, 2.75) is 26.4 Å². The number of nitrogens with one attached hydrogen (secondary N) is 1. The summed E-state index contributed by atoms with van der Waals surface area (Å²) < 4.78 is 1.70. The summed E-state index contributed by atoms with van der Waals surface area (Å²) in [5, 5.41) is 24.3. The molecule has 1 atom stereocenters. The lowest BCUT2D eigenvalue weighted by atomic mass is 10.1. The number of aliphatic hydroxyl groups is 1. The van der Waals surface area contributed by atoms with E-state index < -0.39 is 0 Å². The Hall–Kier alpha value is -1.79. The van der Waals surface area contributed by atoms with Gasteiger partial charge in [-0.25, -0.2) is 0 Å². The fraction of sp³-hybridized carbons (Fsp3) is 0.462. The highest BCUT2D eigenvalue weighted by Crippen LogP contribution is 2.08. The Bertz CT molecular complexity index is 497. The van der Waals surface area contributed by atoms with Gasteiger partial charge in [0.1, 0.15) is 0 Å². The van der Waals surface area contributed by atoms with Crippen LogP contribution in [0.1, 0.15) is 19.7 Å². The molecule has 0 aliphatic rings. The fourth-order valence-electron chi connectivity index (χ4n) is 1.82. The second-order valence-corrected chi connectivity index (χ2v) is 4.76. The number of rotatable bonds is 6. The molecule has 102 valence electrons. The number of para-hydroxylation sites is 1. The van der Waals surface area contributed by atoms with Crippen LogP contribution in [-0.2, 0) is 6.54 Å². The third-order valence-corrected chi connectivity index (χ3v) is 3.06. The van der Waals surface area contributed by atoms with Crippen molar-refractivity contribution in [3.63, 3.8) is 0 Å². The SMILES string of the molecule is CC(C)C(CO)NCc1nnnn1-c1ccccc1. The second-order valence-electron chi connectivity index (χ2n) is 4.76. The van der Waals surface area contributed by atoms with Crippen LogP contribution in [0.3, 0.4) is 0 Å². The van der Waals surface area contributed by atoms with Crippen LogP contribution in [0.4, 0.5) is 0 Å². The molecule has 1 heterocycles. The van der Waals surface area contributed by atoms with Gasteiger partial charge < -0.3 is 10.4 Å². The van der Waals surface area contributed by atoms with Crippen LogP contribution in [0.2, 0.25) is 0 Å². The lowest BCUT2D eigenvalue weighted by molar-refractivity contribution is 0.209. The van der Waals surface area contributed by atoms with Crippen molar-refractivity contribution >= 4 is 0 Å². The normalized spacial score (nSPS) is 12.8. The van der Waals surface area contributed by atoms with Crippen molar-refractivity contribution in [2.24, 2.45) is 5.92 Å². The number of aromatic nitrogens is 4. The molecule has 1 aromatic heterocycles. The highest BCUT2D eigenvalue weighted by Gasteiger charge is 2.14. The van der Waals surface area contributed by atoms with Crippen molar-refractivity contribution in [1.29, 1.82) is 0 Å². The van der Waals surface area contributed by atoms with Gasteiger partial charge >= 0.3 is 0 Å². The molecular weight excluding hydrogens is 242 g/mol. The van der Waals surface area contributed by atoms with E-state index in [2.05, 4.69) is 34.7 Å². The monoisotopic (exact) mass is 261 g/mol. The molecule has 6 heteroatoms. The van der Waals surface area contributed by atoms with E-state index >= 15 is 0 Å². The van der Waals surface area contributed by atoms with E-state index in [1.807, 2.05) is 30.3 Å². The molecule has 0 saturated carbocycles. The molecule has 1 unspecified atom stereocenters. The highest BCUT2D eigenvalue weighted by molar-refractivity contribution is 5.30. The van der Waals surface area contributed by atoms with Crippen molar-refractivity contribution in [3.8, 4) is 5.69 Å². The van der Waals surface area contributed by atoms with E-state index in [-0.39, 0.29) is 12.6 Å². The zero-order valence-corrected chi connectivity index (χ0v) is 11.2. The van der Waals surface area contributed by atoms with Crippen molar-refractivity contribution in [3.05, 3.63) is 36.2 Å². The van der Waals surface area contributed by atoms with Gasteiger partial charge in [0.05, 0.1) is 18.8 Å². The van der Waals surface area contributed by atoms with Crippen LogP contribution >= 0.6 is 0 Å². The van der Waals surface area contributed by atoms with Crippen LogP contribution in [0.5, 0.6) is 0 Å². The molecule has 6 nitrogen and oxygen atoms in total. The summed E-state index contributed by atoms with van der Waals surface area (Å²) in [4.78, 5) is 0. The predicted molar refractivity (Wildman–Crippen MR) is 71.7 cm³/mol. The first-order valence-corrected chi connectivity index (χ1v) is 6.39. The summed E-state index contributed by atoms with van der Waals surface area (Å²) >= 11 is 0. The van der Waals surface area contributed by atoms with E-state index in [0.29, 0.717) is 12.5 Å². The third kappa shape index (κ3) is 3.36. The minimum atomic E-state index is 0.0425. The molecule has 0 spiro atoms. The number of nitrogens with zero attached hydrogens (tertiary/aromatic N) is 4. The molecule has 2 rings (SSSR count). The molecule has 2 N–H and O–H groups in total. The predicted octanol–water partition coefficient (Wildman–Crippen LogP) is 0.769. The smallest absolute Gasteiger partial charge is 0.170 e. The van der Waals surface area contributed by atoms with Gasteiger partial charge in [0.15, 0.2) is 5.82 Å². The Labute approximate surface area is 112 Å². The Morgan fingerprint density at radius 2 is 2.00 bits per heavy atom. The number of hydrogen-bond donors (Lipinski definition) is 2. The summed E-state index contributed by atoms with van der Waals surface area (Å²) in [6, 6.07) is 9.78. The lowest BCUT2D eigenvalue weighted by Crippen LogP contribution is -2.37. The van der Waals surface area contributed by atoms with Crippen molar-refractivity contribution in [2.75, 3.05) is 6.61 Å². The molecular formula is C13H19N5O. The fourth-order valence-corrected chi connectivity index (χ4v) is 1.82. The van der Waals surface area contributed by atoms with E-state index in [9.17, 15) is 5.11 Å². The molecule has 2 aromatic rings. The molecule has 0 aliphatic heterocycles. The topological polar surface area (TPSA) is 75.9 Å². The van der Waals surface area contributed by atoms with E-state index in [0.717, 1.165) is 11.5 Å². The maximum absolute atomic E-state index is 9.29. The minimum absolute atomic E-state index is 0.0425. The number of tetrazole rings is 1. The Morgan fingerprint density at radius 1 is 1.26 bits per heavy atom. The highest BCUT2D eigenvalue weighted by atomic mass is 16.3. The number of benzene rings is 1. The Morgan fingerprint density at radius 3 is 2.63 bits per heavy atom. The zero-order valence-electron chi connectivity index (χ0n) is 11.2. The molecule has 0 fully saturated rings. The van der Waals surface area contributed by atoms with Crippen LogP contribution in [-0.4, -0.2) is 38.0 Å². The number of aliphatic hydroxyl groups excluding tert-OH is 1. The average Bonchev–Trinajstić information content (AvgIpc) is 2.88. The molecule has 0 radical (unpaired) electrons. The van der Waals surface area contributed by atoms with Crippen LogP contribution in [0.25, 0.3) is 5.69 Å². The van der Waals surface area contributed by atoms with Gasteiger partial charge in [-0.2, -0.15) is 4.68 Å². The summed E-state index contributed by atoms with van der Waals surface area (Å²) in [7, 11) is 0. The first-order chi connectivity index (χ1) is 9.22. The maximum Gasteiger partial charge on any atom is 0.170 e. The van der Waals surface area contributed by atoms with Crippen LogP contribution in [0, 0.1) is 5.92 Å². The second kappa shape index (κ2) is 6.40. The third-order valence-electron chi connectivity index (χ3n) is 3.06. The Balaban J connectivity index is 2.08. The standard InChI is InChI=1S/C13H19N5O/c1-10(2)12(9-19)14-8-13-15-16-17-18(13)11-6-4-3-5-7-11/h3-7,10,12,14,19H,8-9H2,1-2H3. The van der Waals surface area contributed by atoms with E-state index in [4.69, 9.17) is 0 Å². The summed E-state index contributed by atoms with van der Waals surface area (Å²) in [5.74, 6) is 1.08. The number of hydrogen-bond acceptors (Lipinski definition) is 5. The molecule has 0 bridgehead atoms. The van der Waals surface area contributed by atoms with Crippen LogP contribution in [0.15, 0.2) is 30.3 Å².